The molecule has 4 rings (SSSR count). The molecule has 0 N–H and O–H groups in total. The summed E-state index contributed by atoms with van der Waals surface area (Å²) in [5.74, 6) is 0. The Hall–Kier alpha value is -1.73. The predicted octanol–water partition coefficient (Wildman–Crippen LogP) is 2.84. The number of hydrogen-bond acceptors (Lipinski definition) is 4. The van der Waals surface area contributed by atoms with E-state index in [0.717, 1.165) is 43.7 Å². The van der Waals surface area contributed by atoms with Crippen molar-refractivity contribution in [1.82, 2.24) is 9.21 Å². The van der Waals surface area contributed by atoms with Gasteiger partial charge in [-0.1, -0.05) is 42.5 Å². The Morgan fingerprint density at radius 3 is 2.15 bits per heavy atom. The lowest BCUT2D eigenvalue weighted by molar-refractivity contribution is -0.124. The zero-order valence-corrected chi connectivity index (χ0v) is 16.5. The summed E-state index contributed by atoms with van der Waals surface area (Å²) in [7, 11) is -1.37. The van der Waals surface area contributed by atoms with Crippen molar-refractivity contribution in [2.45, 2.75) is 23.3 Å². The van der Waals surface area contributed by atoms with Crippen LogP contribution in [0, 0.1) is 0 Å². The van der Waals surface area contributed by atoms with Gasteiger partial charge in [-0.05, 0) is 43.1 Å². The Balaban J connectivity index is 1.47. The maximum Gasteiger partial charge on any atom is 0.243 e. The molecule has 2 aromatic carbocycles. The van der Waals surface area contributed by atoms with E-state index < -0.39 is 10.0 Å². The van der Waals surface area contributed by atoms with Gasteiger partial charge in [-0.15, -0.1) is 0 Å². The lowest BCUT2D eigenvalue weighted by Crippen LogP contribution is -2.56. The van der Waals surface area contributed by atoms with Crippen LogP contribution in [0.5, 0.6) is 0 Å². The monoisotopic (exact) mass is 386 g/mol. The smallest absolute Gasteiger partial charge is 0.243 e. The summed E-state index contributed by atoms with van der Waals surface area (Å²) < 4.78 is 33.7. The molecule has 0 amide bonds. The molecule has 2 aromatic rings. The van der Waals surface area contributed by atoms with Crippen LogP contribution in [-0.2, 0) is 14.8 Å². The van der Waals surface area contributed by atoms with Crippen LogP contribution in [0.4, 0.5) is 0 Å². The first-order chi connectivity index (χ1) is 13.0. The van der Waals surface area contributed by atoms with Crippen LogP contribution in [0.3, 0.4) is 0 Å². The molecule has 5 nitrogen and oxygen atoms in total. The number of rotatable bonds is 3. The normalized spacial score (nSPS) is 21.4. The largest absolute Gasteiger partial charge is 0.372 e. The zero-order valence-electron chi connectivity index (χ0n) is 15.7. The SMILES string of the molecule is CN1CCOC2(CCN(S(=O)(=O)c3ccc(-c4ccccc4)cc3)CC2)C1. The third kappa shape index (κ3) is 3.80. The molecule has 0 saturated carbocycles. The molecule has 0 aliphatic carbocycles. The summed E-state index contributed by atoms with van der Waals surface area (Å²) >= 11 is 0. The molecule has 0 atom stereocenters. The quantitative estimate of drug-likeness (QED) is 0.814. The fourth-order valence-electron chi connectivity index (χ4n) is 4.07. The van der Waals surface area contributed by atoms with Crippen molar-refractivity contribution in [2.24, 2.45) is 0 Å². The molecule has 2 heterocycles. The maximum absolute atomic E-state index is 13.0. The van der Waals surface area contributed by atoms with E-state index >= 15 is 0 Å². The second kappa shape index (κ2) is 7.36. The molecule has 2 saturated heterocycles. The van der Waals surface area contributed by atoms with Gasteiger partial charge in [-0.2, -0.15) is 4.31 Å². The summed E-state index contributed by atoms with van der Waals surface area (Å²) in [6.45, 7) is 3.57. The molecule has 0 radical (unpaired) electrons. The second-order valence-corrected chi connectivity index (χ2v) is 9.50. The van der Waals surface area contributed by atoms with Gasteiger partial charge in [0.25, 0.3) is 0 Å². The standard InChI is InChI=1S/C21H26N2O3S/c1-22-15-16-26-21(17-22)11-13-23(14-12-21)27(24,25)20-9-7-19(8-10-20)18-5-3-2-4-6-18/h2-10H,11-17H2,1H3. The summed E-state index contributed by atoms with van der Waals surface area (Å²) in [5.41, 5.74) is 1.92. The number of piperidine rings is 1. The number of morpholine rings is 1. The fourth-order valence-corrected chi connectivity index (χ4v) is 5.51. The number of nitrogens with zero attached hydrogens (tertiary/aromatic N) is 2. The maximum atomic E-state index is 13.0. The molecule has 2 aliphatic heterocycles. The van der Waals surface area contributed by atoms with E-state index in [2.05, 4.69) is 11.9 Å². The highest BCUT2D eigenvalue weighted by molar-refractivity contribution is 7.89. The van der Waals surface area contributed by atoms with Gasteiger partial charge in [-0.3, -0.25) is 0 Å². The Kier molecular flexibility index (Phi) is 5.07. The first-order valence-electron chi connectivity index (χ1n) is 9.47. The predicted molar refractivity (Wildman–Crippen MR) is 106 cm³/mol. The Morgan fingerprint density at radius 1 is 0.889 bits per heavy atom. The average Bonchev–Trinajstić information content (AvgIpc) is 2.69. The molecule has 0 unspecified atom stereocenters. The fraction of sp³-hybridized carbons (Fsp3) is 0.429. The molecular weight excluding hydrogens is 360 g/mol. The lowest BCUT2D eigenvalue weighted by Gasteiger charge is -2.46. The highest BCUT2D eigenvalue weighted by Gasteiger charge is 2.41. The van der Waals surface area contributed by atoms with Crippen LogP contribution < -0.4 is 0 Å². The van der Waals surface area contributed by atoms with Crippen LogP contribution in [-0.4, -0.2) is 63.1 Å². The number of hydrogen-bond donors (Lipinski definition) is 0. The van der Waals surface area contributed by atoms with E-state index in [-0.39, 0.29) is 5.60 Å². The van der Waals surface area contributed by atoms with Crippen molar-refractivity contribution in [3.05, 3.63) is 54.6 Å². The number of likely N-dealkylation sites (N-methyl/N-ethyl adjacent to an activating group) is 1. The van der Waals surface area contributed by atoms with Gasteiger partial charge in [0.05, 0.1) is 17.1 Å². The van der Waals surface area contributed by atoms with E-state index in [1.54, 1.807) is 16.4 Å². The summed E-state index contributed by atoms with van der Waals surface area (Å²) in [6, 6.07) is 17.2. The number of benzene rings is 2. The minimum absolute atomic E-state index is 0.184. The molecule has 1 spiro atoms. The Bertz CT molecular complexity index is 873. The van der Waals surface area contributed by atoms with Crippen LogP contribution in [0.15, 0.2) is 59.5 Å². The van der Waals surface area contributed by atoms with Gasteiger partial charge in [0.15, 0.2) is 0 Å². The van der Waals surface area contributed by atoms with Crippen molar-refractivity contribution < 1.29 is 13.2 Å². The molecule has 2 aliphatic rings. The third-order valence-electron chi connectivity index (χ3n) is 5.67. The van der Waals surface area contributed by atoms with Crippen molar-refractivity contribution >= 4 is 10.0 Å². The molecule has 2 fully saturated rings. The molecule has 0 aromatic heterocycles. The Labute approximate surface area is 161 Å². The van der Waals surface area contributed by atoms with E-state index in [4.69, 9.17) is 4.74 Å². The van der Waals surface area contributed by atoms with Crippen LogP contribution in [0.1, 0.15) is 12.8 Å². The van der Waals surface area contributed by atoms with Gasteiger partial charge in [0.2, 0.25) is 10.0 Å². The van der Waals surface area contributed by atoms with Gasteiger partial charge in [0.1, 0.15) is 0 Å². The van der Waals surface area contributed by atoms with E-state index in [1.807, 2.05) is 42.5 Å². The van der Waals surface area contributed by atoms with Crippen molar-refractivity contribution in [3.63, 3.8) is 0 Å². The highest BCUT2D eigenvalue weighted by atomic mass is 32.2. The molecule has 0 bridgehead atoms. The minimum atomic E-state index is -3.47. The van der Waals surface area contributed by atoms with Crippen molar-refractivity contribution in [1.29, 1.82) is 0 Å². The Morgan fingerprint density at radius 2 is 1.52 bits per heavy atom. The number of sulfonamides is 1. The highest BCUT2D eigenvalue weighted by Crippen LogP contribution is 2.32. The van der Waals surface area contributed by atoms with Gasteiger partial charge in [0, 0.05) is 26.2 Å². The summed E-state index contributed by atoms with van der Waals surface area (Å²) in [4.78, 5) is 2.63. The minimum Gasteiger partial charge on any atom is -0.372 e. The third-order valence-corrected chi connectivity index (χ3v) is 7.59. The van der Waals surface area contributed by atoms with Crippen LogP contribution in [0.2, 0.25) is 0 Å². The molecule has 27 heavy (non-hydrogen) atoms. The topological polar surface area (TPSA) is 49.9 Å². The second-order valence-electron chi connectivity index (χ2n) is 7.56. The van der Waals surface area contributed by atoms with E-state index in [9.17, 15) is 8.42 Å². The van der Waals surface area contributed by atoms with Crippen LogP contribution in [0.25, 0.3) is 11.1 Å². The van der Waals surface area contributed by atoms with Crippen molar-refractivity contribution in [2.75, 3.05) is 39.8 Å². The molecular formula is C21H26N2O3S. The van der Waals surface area contributed by atoms with Gasteiger partial charge >= 0.3 is 0 Å². The van der Waals surface area contributed by atoms with E-state index in [0.29, 0.717) is 18.0 Å². The summed E-state index contributed by atoms with van der Waals surface area (Å²) in [5, 5.41) is 0. The first kappa shape index (κ1) is 18.6. The zero-order chi connectivity index (χ0) is 18.9. The lowest BCUT2D eigenvalue weighted by atomic mass is 9.90. The summed E-state index contributed by atoms with van der Waals surface area (Å²) in [6.07, 6.45) is 1.50. The first-order valence-corrected chi connectivity index (χ1v) is 10.9. The van der Waals surface area contributed by atoms with Crippen molar-refractivity contribution in [3.8, 4) is 11.1 Å². The van der Waals surface area contributed by atoms with Gasteiger partial charge in [-0.25, -0.2) is 8.42 Å². The molecule has 144 valence electrons. The average molecular weight is 387 g/mol. The van der Waals surface area contributed by atoms with Gasteiger partial charge < -0.3 is 9.64 Å². The number of ether oxygens (including phenoxy) is 1. The molecule has 6 heteroatoms. The van der Waals surface area contributed by atoms with E-state index in [1.165, 1.54) is 0 Å². The van der Waals surface area contributed by atoms with Crippen LogP contribution >= 0.6 is 0 Å².